The summed E-state index contributed by atoms with van der Waals surface area (Å²) in [6, 6.07) is 32.4. The number of fused-ring (bicyclic) bond motifs is 3. The molecule has 0 bridgehead atoms. The summed E-state index contributed by atoms with van der Waals surface area (Å²) in [5, 5.41) is 10.1. The predicted molar refractivity (Wildman–Crippen MR) is 136 cm³/mol. The zero-order valence-corrected chi connectivity index (χ0v) is 17.3. The third-order valence-electron chi connectivity index (χ3n) is 6.39. The van der Waals surface area contributed by atoms with Crippen molar-refractivity contribution in [3.05, 3.63) is 108 Å². The van der Waals surface area contributed by atoms with Crippen LogP contribution in [0.25, 0.3) is 66.3 Å². The molecule has 5 aromatic carbocycles. The summed E-state index contributed by atoms with van der Waals surface area (Å²) < 4.78 is 0. The van der Waals surface area contributed by atoms with E-state index in [2.05, 4.69) is 102 Å². The zero-order valence-electron chi connectivity index (χ0n) is 17.3. The van der Waals surface area contributed by atoms with Gasteiger partial charge in [-0.1, -0.05) is 72.8 Å². The topological polar surface area (TPSA) is 25.8 Å². The monoisotopic (exact) mass is 406 g/mol. The lowest BCUT2D eigenvalue weighted by Crippen LogP contribution is -1.87. The quantitative estimate of drug-likeness (QED) is 0.273. The summed E-state index contributed by atoms with van der Waals surface area (Å²) in [5.41, 5.74) is 4.00. The number of hydrogen-bond donors (Lipinski definition) is 0. The van der Waals surface area contributed by atoms with Crippen LogP contribution in [0.2, 0.25) is 0 Å². The Bertz CT molecular complexity index is 1760. The SMILES string of the molecule is C(=Cc1ccc2ccc3cccnc3c2n1)c1cc2ccc3cccc4ccc(c1)c2c34. The van der Waals surface area contributed by atoms with Crippen LogP contribution < -0.4 is 0 Å². The highest BCUT2D eigenvalue weighted by molar-refractivity contribution is 6.23. The summed E-state index contributed by atoms with van der Waals surface area (Å²) >= 11 is 0. The number of rotatable bonds is 2. The summed E-state index contributed by atoms with van der Waals surface area (Å²) in [6.45, 7) is 0. The van der Waals surface area contributed by atoms with Crippen LogP contribution in [0, 0.1) is 0 Å². The van der Waals surface area contributed by atoms with E-state index in [1.807, 2.05) is 12.3 Å². The summed E-state index contributed by atoms with van der Waals surface area (Å²) in [6.07, 6.45) is 6.07. The molecule has 0 N–H and O–H groups in total. The summed E-state index contributed by atoms with van der Waals surface area (Å²) in [5.74, 6) is 0. The zero-order chi connectivity index (χ0) is 21.1. The average molecular weight is 406 g/mol. The molecule has 148 valence electrons. The second kappa shape index (κ2) is 6.60. The molecule has 0 atom stereocenters. The van der Waals surface area contributed by atoms with E-state index in [9.17, 15) is 0 Å². The molecule has 0 unspecified atom stereocenters. The minimum atomic E-state index is 0.931. The molecule has 0 spiro atoms. The lowest BCUT2D eigenvalue weighted by atomic mass is 9.93. The van der Waals surface area contributed by atoms with Crippen LogP contribution in [0.1, 0.15) is 11.3 Å². The first-order chi connectivity index (χ1) is 15.8. The maximum Gasteiger partial charge on any atom is 0.0971 e. The molecule has 0 aliphatic rings. The predicted octanol–water partition coefficient (Wildman–Crippen LogP) is 7.85. The standard InChI is InChI=1S/C30H18N2/c1-3-20-7-11-24-17-19(18-25-12-8-21(4-1)27(20)28(24)25)6-14-26-15-13-23-10-9-22-5-2-16-31-29(22)30(23)32-26/h1-18H. The Morgan fingerprint density at radius 2 is 1.09 bits per heavy atom. The average Bonchev–Trinajstić information content (AvgIpc) is 2.86. The van der Waals surface area contributed by atoms with Crippen molar-refractivity contribution >= 4 is 66.3 Å². The van der Waals surface area contributed by atoms with E-state index in [1.54, 1.807) is 0 Å². The fourth-order valence-corrected chi connectivity index (χ4v) is 4.89. The third-order valence-corrected chi connectivity index (χ3v) is 6.39. The van der Waals surface area contributed by atoms with Crippen LogP contribution in [0.5, 0.6) is 0 Å². The van der Waals surface area contributed by atoms with E-state index in [4.69, 9.17) is 4.98 Å². The van der Waals surface area contributed by atoms with Gasteiger partial charge in [0.25, 0.3) is 0 Å². The van der Waals surface area contributed by atoms with Gasteiger partial charge in [-0.25, -0.2) is 4.98 Å². The van der Waals surface area contributed by atoms with E-state index in [0.717, 1.165) is 27.5 Å². The maximum absolute atomic E-state index is 4.91. The van der Waals surface area contributed by atoms with Crippen LogP contribution in [-0.2, 0) is 0 Å². The molecule has 2 heterocycles. The van der Waals surface area contributed by atoms with Crippen molar-refractivity contribution in [2.75, 3.05) is 0 Å². The Kier molecular flexibility index (Phi) is 3.58. The van der Waals surface area contributed by atoms with Gasteiger partial charge in [-0.3, -0.25) is 4.98 Å². The highest BCUT2D eigenvalue weighted by atomic mass is 14.7. The molecule has 2 aromatic heterocycles. The Hall–Kier alpha value is -4.30. The molecular weight excluding hydrogens is 388 g/mol. The van der Waals surface area contributed by atoms with Gasteiger partial charge < -0.3 is 0 Å². The molecule has 0 aliphatic heterocycles. The van der Waals surface area contributed by atoms with E-state index < -0.39 is 0 Å². The normalized spacial score (nSPS) is 12.2. The van der Waals surface area contributed by atoms with Gasteiger partial charge in [0.15, 0.2) is 0 Å². The van der Waals surface area contributed by atoms with Gasteiger partial charge in [0.05, 0.1) is 16.7 Å². The van der Waals surface area contributed by atoms with Crippen molar-refractivity contribution in [3.8, 4) is 0 Å². The van der Waals surface area contributed by atoms with Gasteiger partial charge in [0.1, 0.15) is 0 Å². The fourth-order valence-electron chi connectivity index (χ4n) is 4.89. The minimum Gasteiger partial charge on any atom is -0.254 e. The highest BCUT2D eigenvalue weighted by Crippen LogP contribution is 2.35. The smallest absolute Gasteiger partial charge is 0.0971 e. The van der Waals surface area contributed by atoms with Gasteiger partial charge in [-0.05, 0) is 68.2 Å². The lowest BCUT2D eigenvalue weighted by molar-refractivity contribution is 1.35. The first-order valence-electron chi connectivity index (χ1n) is 10.8. The third kappa shape index (κ3) is 2.60. The molecule has 2 heteroatoms. The number of pyridine rings is 2. The highest BCUT2D eigenvalue weighted by Gasteiger charge is 2.08. The second-order valence-corrected chi connectivity index (χ2v) is 8.33. The second-order valence-electron chi connectivity index (χ2n) is 8.33. The van der Waals surface area contributed by atoms with Gasteiger partial charge in [-0.2, -0.15) is 0 Å². The Labute approximate surface area is 184 Å². The first-order valence-corrected chi connectivity index (χ1v) is 10.8. The van der Waals surface area contributed by atoms with Crippen molar-refractivity contribution in [1.29, 1.82) is 0 Å². The van der Waals surface area contributed by atoms with Crippen LogP contribution in [-0.4, -0.2) is 9.97 Å². The molecule has 2 nitrogen and oxygen atoms in total. The number of aromatic nitrogens is 2. The molecule has 0 fully saturated rings. The van der Waals surface area contributed by atoms with Crippen LogP contribution in [0.3, 0.4) is 0 Å². The minimum absolute atomic E-state index is 0.931. The Morgan fingerprint density at radius 3 is 1.88 bits per heavy atom. The Morgan fingerprint density at radius 1 is 0.500 bits per heavy atom. The molecule has 32 heavy (non-hydrogen) atoms. The lowest BCUT2D eigenvalue weighted by Gasteiger charge is -2.11. The van der Waals surface area contributed by atoms with Crippen LogP contribution >= 0.6 is 0 Å². The van der Waals surface area contributed by atoms with E-state index >= 15 is 0 Å². The van der Waals surface area contributed by atoms with E-state index in [-0.39, 0.29) is 0 Å². The van der Waals surface area contributed by atoms with Crippen molar-refractivity contribution in [2.24, 2.45) is 0 Å². The van der Waals surface area contributed by atoms with Crippen molar-refractivity contribution in [3.63, 3.8) is 0 Å². The number of benzene rings is 5. The van der Waals surface area contributed by atoms with Crippen LogP contribution in [0.4, 0.5) is 0 Å². The summed E-state index contributed by atoms with van der Waals surface area (Å²) in [4.78, 5) is 9.47. The molecule has 0 amide bonds. The Balaban J connectivity index is 1.36. The molecule has 0 saturated carbocycles. The maximum atomic E-state index is 4.91. The van der Waals surface area contributed by atoms with Crippen molar-refractivity contribution in [2.45, 2.75) is 0 Å². The number of hydrogen-bond acceptors (Lipinski definition) is 2. The van der Waals surface area contributed by atoms with Crippen molar-refractivity contribution in [1.82, 2.24) is 9.97 Å². The van der Waals surface area contributed by atoms with E-state index in [1.165, 1.54) is 37.9 Å². The fraction of sp³-hybridized carbons (Fsp3) is 0. The molecule has 0 saturated heterocycles. The largest absolute Gasteiger partial charge is 0.254 e. The molecule has 7 aromatic rings. The van der Waals surface area contributed by atoms with Gasteiger partial charge in [0, 0.05) is 17.0 Å². The molecular formula is C30H18N2. The van der Waals surface area contributed by atoms with Gasteiger partial charge >= 0.3 is 0 Å². The summed E-state index contributed by atoms with van der Waals surface area (Å²) in [7, 11) is 0. The molecule has 0 radical (unpaired) electrons. The van der Waals surface area contributed by atoms with Crippen molar-refractivity contribution < 1.29 is 0 Å². The van der Waals surface area contributed by atoms with E-state index in [0.29, 0.717) is 0 Å². The van der Waals surface area contributed by atoms with Crippen LogP contribution in [0.15, 0.2) is 97.2 Å². The molecule has 7 rings (SSSR count). The number of nitrogens with zero attached hydrogens (tertiary/aromatic N) is 2. The van der Waals surface area contributed by atoms with Gasteiger partial charge in [0.2, 0.25) is 0 Å². The first kappa shape index (κ1) is 17.4. The van der Waals surface area contributed by atoms with Gasteiger partial charge in [-0.15, -0.1) is 0 Å². The molecule has 0 aliphatic carbocycles.